The van der Waals surface area contributed by atoms with Crippen LogP contribution in [0.1, 0.15) is 5.69 Å². The van der Waals surface area contributed by atoms with Crippen molar-refractivity contribution in [1.29, 1.82) is 0 Å². The molecule has 3 rings (SSSR count). The second kappa shape index (κ2) is 5.37. The summed E-state index contributed by atoms with van der Waals surface area (Å²) in [4.78, 5) is 17.8. The molecule has 3 aromatic rings. The largest absolute Gasteiger partial charge is 0.490 e. The van der Waals surface area contributed by atoms with Crippen LogP contribution in [0.25, 0.3) is 10.6 Å². The van der Waals surface area contributed by atoms with E-state index in [-0.39, 0.29) is 5.82 Å². The minimum atomic E-state index is -0.651. The molecule has 21 heavy (non-hydrogen) atoms. The van der Waals surface area contributed by atoms with Crippen LogP contribution >= 0.6 is 11.3 Å². The maximum Gasteiger partial charge on any atom is 0.490 e. The number of hydrogen-bond acceptors (Lipinski definition) is 6. The number of nitrogens with zero attached hydrogens (tertiary/aromatic N) is 5. The second-order valence-corrected chi connectivity index (χ2v) is 5.01. The summed E-state index contributed by atoms with van der Waals surface area (Å²) in [6.45, 7) is 0.290. The van der Waals surface area contributed by atoms with Gasteiger partial charge in [-0.3, -0.25) is 0 Å². The zero-order valence-corrected chi connectivity index (χ0v) is 11.3. The molecule has 0 aliphatic carbocycles. The lowest BCUT2D eigenvalue weighted by atomic mass is 10.2. The molecule has 0 atom stereocenters. The molecule has 1 aromatic carbocycles. The summed E-state index contributed by atoms with van der Waals surface area (Å²) in [5.74, 6) is -0.741. The van der Waals surface area contributed by atoms with Crippen LogP contribution in [0.5, 0.6) is 0 Å². The third-order valence-electron chi connectivity index (χ3n) is 2.65. The van der Waals surface area contributed by atoms with Crippen LogP contribution in [-0.4, -0.2) is 24.7 Å². The monoisotopic (exact) mass is 305 g/mol. The van der Waals surface area contributed by atoms with Gasteiger partial charge < -0.3 is 10.1 Å². The summed E-state index contributed by atoms with van der Waals surface area (Å²) in [5.41, 5.74) is 1.52. The Kier molecular flexibility index (Phi) is 3.40. The smallest absolute Gasteiger partial charge is 0.390 e. The molecule has 0 aliphatic heterocycles. The first-order chi connectivity index (χ1) is 10.1. The van der Waals surface area contributed by atoms with Crippen LogP contribution in [0.15, 0.2) is 36.0 Å². The summed E-state index contributed by atoms with van der Waals surface area (Å²) in [7, 11) is 0. The SMILES string of the molecule is O=[N+]([O-])c1ncn(Cc2csc(-c3ccc(F)cc3)n2)n1. The van der Waals surface area contributed by atoms with Crippen LogP contribution in [-0.2, 0) is 6.54 Å². The topological polar surface area (TPSA) is 86.7 Å². The number of hydrogen-bond donors (Lipinski definition) is 0. The van der Waals surface area contributed by atoms with Crippen molar-refractivity contribution in [2.24, 2.45) is 0 Å². The molecule has 0 amide bonds. The maximum absolute atomic E-state index is 12.9. The van der Waals surface area contributed by atoms with E-state index in [0.717, 1.165) is 10.6 Å². The number of benzene rings is 1. The average Bonchev–Trinajstić information content (AvgIpc) is 3.10. The highest BCUT2D eigenvalue weighted by Gasteiger charge is 2.14. The zero-order valence-electron chi connectivity index (χ0n) is 10.5. The molecule has 9 heteroatoms. The van der Waals surface area contributed by atoms with E-state index in [1.54, 1.807) is 12.1 Å². The van der Waals surface area contributed by atoms with Gasteiger partial charge in [0.2, 0.25) is 6.33 Å². The van der Waals surface area contributed by atoms with Gasteiger partial charge in [0.1, 0.15) is 17.4 Å². The van der Waals surface area contributed by atoms with E-state index < -0.39 is 10.9 Å². The lowest BCUT2D eigenvalue weighted by Gasteiger charge is -1.95. The molecule has 106 valence electrons. The molecule has 0 fully saturated rings. The minimum Gasteiger partial charge on any atom is -0.390 e. The molecular weight excluding hydrogens is 297 g/mol. The lowest BCUT2D eigenvalue weighted by molar-refractivity contribution is -0.394. The Hall–Kier alpha value is -2.68. The summed E-state index contributed by atoms with van der Waals surface area (Å²) >= 11 is 1.41. The highest BCUT2D eigenvalue weighted by atomic mass is 32.1. The molecule has 2 heterocycles. The van der Waals surface area contributed by atoms with Gasteiger partial charge in [0.15, 0.2) is 0 Å². The molecule has 0 unspecified atom stereocenters. The second-order valence-electron chi connectivity index (χ2n) is 4.15. The molecule has 0 saturated carbocycles. The highest BCUT2D eigenvalue weighted by Crippen LogP contribution is 2.24. The lowest BCUT2D eigenvalue weighted by Crippen LogP contribution is -2.01. The van der Waals surface area contributed by atoms with Crippen molar-refractivity contribution in [1.82, 2.24) is 19.7 Å². The Morgan fingerprint density at radius 3 is 2.76 bits per heavy atom. The minimum absolute atomic E-state index is 0.290. The Bertz CT molecular complexity index is 783. The van der Waals surface area contributed by atoms with E-state index in [1.807, 2.05) is 5.38 Å². The quantitative estimate of drug-likeness (QED) is 0.546. The number of rotatable bonds is 4. The van der Waals surface area contributed by atoms with Crippen LogP contribution in [0.3, 0.4) is 0 Å². The van der Waals surface area contributed by atoms with Crippen molar-refractivity contribution >= 4 is 17.3 Å². The van der Waals surface area contributed by atoms with E-state index in [1.165, 1.54) is 34.5 Å². The van der Waals surface area contributed by atoms with Gasteiger partial charge in [0.25, 0.3) is 0 Å². The molecule has 7 nitrogen and oxygen atoms in total. The number of aromatic nitrogens is 4. The van der Waals surface area contributed by atoms with Gasteiger partial charge in [-0.05, 0) is 29.2 Å². The first kappa shape index (κ1) is 13.3. The van der Waals surface area contributed by atoms with Gasteiger partial charge in [-0.25, -0.2) is 9.37 Å². The van der Waals surface area contributed by atoms with Crippen molar-refractivity contribution in [3.8, 4) is 10.6 Å². The van der Waals surface area contributed by atoms with E-state index >= 15 is 0 Å². The van der Waals surface area contributed by atoms with E-state index in [4.69, 9.17) is 0 Å². The van der Waals surface area contributed by atoms with E-state index in [0.29, 0.717) is 12.2 Å². The Balaban J connectivity index is 1.78. The fourth-order valence-electron chi connectivity index (χ4n) is 1.72. The third-order valence-corrected chi connectivity index (χ3v) is 3.59. The van der Waals surface area contributed by atoms with Crippen molar-refractivity contribution in [2.75, 3.05) is 0 Å². The first-order valence-corrected chi connectivity index (χ1v) is 6.74. The predicted octanol–water partition coefficient (Wildman–Crippen LogP) is 2.50. The summed E-state index contributed by atoms with van der Waals surface area (Å²) < 4.78 is 14.2. The van der Waals surface area contributed by atoms with Crippen LogP contribution < -0.4 is 0 Å². The van der Waals surface area contributed by atoms with Crippen molar-refractivity contribution < 1.29 is 9.31 Å². The normalized spacial score (nSPS) is 10.7. The van der Waals surface area contributed by atoms with Gasteiger partial charge in [0, 0.05) is 16.0 Å². The third kappa shape index (κ3) is 2.92. The van der Waals surface area contributed by atoms with Crippen molar-refractivity contribution in [3.63, 3.8) is 0 Å². The van der Waals surface area contributed by atoms with Gasteiger partial charge in [0.05, 0.1) is 5.69 Å². The molecule has 0 N–H and O–H groups in total. The van der Waals surface area contributed by atoms with E-state index in [2.05, 4.69) is 15.1 Å². The number of thiazole rings is 1. The molecular formula is C12H8FN5O2S. The predicted molar refractivity (Wildman–Crippen MR) is 73.3 cm³/mol. The van der Waals surface area contributed by atoms with Crippen LogP contribution in [0.2, 0.25) is 0 Å². The summed E-state index contributed by atoms with van der Waals surface area (Å²) in [6.07, 6.45) is 1.29. The van der Waals surface area contributed by atoms with Gasteiger partial charge in [-0.2, -0.15) is 4.68 Å². The maximum atomic E-state index is 12.9. The molecule has 2 aromatic heterocycles. The molecule has 0 radical (unpaired) electrons. The summed E-state index contributed by atoms with van der Waals surface area (Å²) in [5, 5.41) is 16.8. The molecule has 0 saturated heterocycles. The fraction of sp³-hybridized carbons (Fsp3) is 0.0833. The molecule has 0 aliphatic rings. The Labute approximate surface area is 121 Å². The van der Waals surface area contributed by atoms with Crippen LogP contribution in [0, 0.1) is 15.9 Å². The zero-order chi connectivity index (χ0) is 14.8. The van der Waals surface area contributed by atoms with Gasteiger partial charge >= 0.3 is 5.95 Å². The number of nitro groups is 1. The highest BCUT2D eigenvalue weighted by molar-refractivity contribution is 7.13. The molecule has 0 spiro atoms. The Morgan fingerprint density at radius 2 is 2.10 bits per heavy atom. The molecule has 0 bridgehead atoms. The first-order valence-electron chi connectivity index (χ1n) is 5.86. The van der Waals surface area contributed by atoms with Gasteiger partial charge in [-0.15, -0.1) is 11.3 Å². The van der Waals surface area contributed by atoms with E-state index in [9.17, 15) is 14.5 Å². The van der Waals surface area contributed by atoms with Crippen molar-refractivity contribution in [2.45, 2.75) is 6.54 Å². The van der Waals surface area contributed by atoms with Crippen molar-refractivity contribution in [3.05, 3.63) is 57.6 Å². The van der Waals surface area contributed by atoms with Crippen LogP contribution in [0.4, 0.5) is 10.3 Å². The Morgan fingerprint density at radius 1 is 1.33 bits per heavy atom. The van der Waals surface area contributed by atoms with Gasteiger partial charge in [-0.1, -0.05) is 4.98 Å². The average molecular weight is 305 g/mol. The standard InChI is InChI=1S/C12H8FN5O2S/c13-9-3-1-8(2-4-9)11-15-10(6-21-11)5-17-7-14-12(16-17)18(19)20/h1-4,6-7H,5H2. The summed E-state index contributed by atoms with van der Waals surface area (Å²) in [6, 6.07) is 6.05. The number of halogens is 1. The fourth-order valence-corrected chi connectivity index (χ4v) is 2.53.